The number of nitrogens with one attached hydrogen (secondary N) is 1. The molecule has 1 aliphatic carbocycles. The van der Waals surface area contributed by atoms with Crippen molar-refractivity contribution in [3.05, 3.63) is 24.3 Å². The lowest BCUT2D eigenvalue weighted by atomic mass is 10.3. The number of urea groups is 1. The molecule has 0 bridgehead atoms. The third kappa shape index (κ3) is 4.13. The minimum absolute atomic E-state index is 0.0540. The fourth-order valence-corrected chi connectivity index (χ4v) is 2.61. The number of ether oxygens (including phenoxy) is 2. The van der Waals surface area contributed by atoms with E-state index in [1.165, 1.54) is 12.8 Å². The second-order valence-corrected chi connectivity index (χ2v) is 6.02. The van der Waals surface area contributed by atoms with Crippen LogP contribution in [0.3, 0.4) is 0 Å². The highest BCUT2D eigenvalue weighted by Gasteiger charge is 2.29. The Morgan fingerprint density at radius 3 is 2.73 bits per heavy atom. The van der Waals surface area contributed by atoms with Gasteiger partial charge in [-0.1, -0.05) is 0 Å². The van der Waals surface area contributed by atoms with Gasteiger partial charge < -0.3 is 19.7 Å². The normalized spacial score (nSPS) is 21.0. The van der Waals surface area contributed by atoms with Crippen LogP contribution in [0, 0.1) is 5.92 Å². The summed E-state index contributed by atoms with van der Waals surface area (Å²) >= 11 is 0. The number of anilines is 1. The van der Waals surface area contributed by atoms with Crippen LogP contribution < -0.4 is 10.1 Å². The molecule has 1 atom stereocenters. The standard InChI is InChI=1S/C17H24N2O3/c1-2-21-15-7-5-14(6-8-15)18-17(20)19-10-9-16(11-19)22-12-13-3-4-13/h5-8,13,16H,2-4,9-12H2,1H3,(H,18,20). The van der Waals surface area contributed by atoms with Crippen molar-refractivity contribution in [1.29, 1.82) is 0 Å². The first-order valence-corrected chi connectivity index (χ1v) is 8.15. The Balaban J connectivity index is 1.45. The molecule has 0 radical (unpaired) electrons. The van der Waals surface area contributed by atoms with Crippen LogP contribution in [0.2, 0.25) is 0 Å². The summed E-state index contributed by atoms with van der Waals surface area (Å²) in [6.45, 7) is 4.90. The SMILES string of the molecule is CCOc1ccc(NC(=O)N2CCC(OCC3CC3)C2)cc1. The zero-order valence-electron chi connectivity index (χ0n) is 13.1. The molecule has 1 saturated carbocycles. The van der Waals surface area contributed by atoms with E-state index in [0.717, 1.165) is 36.9 Å². The maximum Gasteiger partial charge on any atom is 0.321 e. The summed E-state index contributed by atoms with van der Waals surface area (Å²) in [6.07, 6.45) is 3.74. The van der Waals surface area contributed by atoms with Gasteiger partial charge in [0.1, 0.15) is 5.75 Å². The summed E-state index contributed by atoms with van der Waals surface area (Å²) < 4.78 is 11.3. The number of hydrogen-bond donors (Lipinski definition) is 1. The van der Waals surface area contributed by atoms with Gasteiger partial charge in [0.2, 0.25) is 0 Å². The lowest BCUT2D eigenvalue weighted by Crippen LogP contribution is -2.34. The maximum atomic E-state index is 12.2. The van der Waals surface area contributed by atoms with E-state index in [2.05, 4.69) is 5.32 Å². The smallest absolute Gasteiger partial charge is 0.321 e. The predicted molar refractivity (Wildman–Crippen MR) is 85.3 cm³/mol. The molecule has 1 saturated heterocycles. The summed E-state index contributed by atoms with van der Waals surface area (Å²) in [4.78, 5) is 14.1. The third-order valence-corrected chi connectivity index (χ3v) is 4.11. The first kappa shape index (κ1) is 15.2. The van der Waals surface area contributed by atoms with Gasteiger partial charge in [-0.2, -0.15) is 0 Å². The van der Waals surface area contributed by atoms with Crippen molar-refractivity contribution in [1.82, 2.24) is 4.90 Å². The van der Waals surface area contributed by atoms with Crippen molar-refractivity contribution >= 4 is 11.7 Å². The fraction of sp³-hybridized carbons (Fsp3) is 0.588. The number of hydrogen-bond acceptors (Lipinski definition) is 3. The molecule has 1 heterocycles. The molecule has 2 amide bonds. The Morgan fingerprint density at radius 2 is 2.05 bits per heavy atom. The van der Waals surface area contributed by atoms with E-state index in [1.807, 2.05) is 36.1 Å². The van der Waals surface area contributed by atoms with E-state index >= 15 is 0 Å². The molecular formula is C17H24N2O3. The molecule has 0 spiro atoms. The van der Waals surface area contributed by atoms with E-state index in [0.29, 0.717) is 13.2 Å². The molecule has 3 rings (SSSR count). The molecule has 2 fully saturated rings. The number of rotatable bonds is 6. The van der Waals surface area contributed by atoms with Gasteiger partial charge in [0.05, 0.1) is 12.7 Å². The summed E-state index contributed by atoms with van der Waals surface area (Å²) in [5.41, 5.74) is 0.788. The van der Waals surface area contributed by atoms with Crippen molar-refractivity contribution in [2.24, 2.45) is 5.92 Å². The second kappa shape index (κ2) is 7.01. The number of carbonyl (C=O) groups excluding carboxylic acids is 1. The van der Waals surface area contributed by atoms with Crippen LogP contribution in [-0.2, 0) is 4.74 Å². The Hall–Kier alpha value is -1.75. The van der Waals surface area contributed by atoms with Gasteiger partial charge in [-0.3, -0.25) is 0 Å². The van der Waals surface area contributed by atoms with E-state index in [9.17, 15) is 4.79 Å². The van der Waals surface area contributed by atoms with E-state index in [1.54, 1.807) is 0 Å². The minimum atomic E-state index is -0.0540. The van der Waals surface area contributed by atoms with Crippen LogP contribution in [0.25, 0.3) is 0 Å². The fourth-order valence-electron chi connectivity index (χ4n) is 2.61. The van der Waals surface area contributed by atoms with Gasteiger partial charge in [-0.25, -0.2) is 4.79 Å². The highest BCUT2D eigenvalue weighted by Crippen LogP contribution is 2.30. The van der Waals surface area contributed by atoms with Crippen molar-refractivity contribution in [2.45, 2.75) is 32.3 Å². The average molecular weight is 304 g/mol. The van der Waals surface area contributed by atoms with Gasteiger partial charge in [0.25, 0.3) is 0 Å². The molecule has 0 aromatic heterocycles. The second-order valence-electron chi connectivity index (χ2n) is 6.02. The van der Waals surface area contributed by atoms with Crippen molar-refractivity contribution in [3.63, 3.8) is 0 Å². The van der Waals surface area contributed by atoms with Crippen molar-refractivity contribution < 1.29 is 14.3 Å². The van der Waals surface area contributed by atoms with Gasteiger partial charge in [0, 0.05) is 25.4 Å². The zero-order valence-corrected chi connectivity index (χ0v) is 13.1. The number of carbonyl (C=O) groups is 1. The van der Waals surface area contributed by atoms with Crippen LogP contribution in [-0.4, -0.2) is 43.3 Å². The Morgan fingerprint density at radius 1 is 1.27 bits per heavy atom. The minimum Gasteiger partial charge on any atom is -0.494 e. The summed E-state index contributed by atoms with van der Waals surface area (Å²) in [5.74, 6) is 1.59. The monoisotopic (exact) mass is 304 g/mol. The molecule has 22 heavy (non-hydrogen) atoms. The zero-order chi connectivity index (χ0) is 15.4. The average Bonchev–Trinajstić information content (AvgIpc) is 3.23. The van der Waals surface area contributed by atoms with Crippen LogP contribution >= 0.6 is 0 Å². The van der Waals surface area contributed by atoms with Gasteiger partial charge in [-0.15, -0.1) is 0 Å². The van der Waals surface area contributed by atoms with Crippen LogP contribution in [0.4, 0.5) is 10.5 Å². The lowest BCUT2D eigenvalue weighted by molar-refractivity contribution is 0.0543. The number of amides is 2. The molecule has 1 unspecified atom stereocenters. The molecule has 5 nitrogen and oxygen atoms in total. The maximum absolute atomic E-state index is 12.2. The Labute approximate surface area is 131 Å². The molecule has 1 aromatic rings. The number of likely N-dealkylation sites (tertiary alicyclic amines) is 1. The summed E-state index contributed by atoms with van der Waals surface area (Å²) in [6, 6.07) is 7.40. The van der Waals surface area contributed by atoms with Gasteiger partial charge >= 0.3 is 6.03 Å². The molecule has 120 valence electrons. The lowest BCUT2D eigenvalue weighted by Gasteiger charge is -2.17. The van der Waals surface area contributed by atoms with Crippen LogP contribution in [0.1, 0.15) is 26.2 Å². The molecule has 2 aliphatic rings. The predicted octanol–water partition coefficient (Wildman–Crippen LogP) is 3.12. The van der Waals surface area contributed by atoms with Crippen molar-refractivity contribution in [2.75, 3.05) is 31.6 Å². The topological polar surface area (TPSA) is 50.8 Å². The van der Waals surface area contributed by atoms with E-state index < -0.39 is 0 Å². The molecule has 1 aromatic carbocycles. The molecule has 1 N–H and O–H groups in total. The summed E-state index contributed by atoms with van der Waals surface area (Å²) in [7, 11) is 0. The van der Waals surface area contributed by atoms with Crippen LogP contribution in [0.15, 0.2) is 24.3 Å². The highest BCUT2D eigenvalue weighted by molar-refractivity contribution is 5.89. The Bertz CT molecular complexity index is 499. The number of benzene rings is 1. The highest BCUT2D eigenvalue weighted by atomic mass is 16.5. The summed E-state index contributed by atoms with van der Waals surface area (Å²) in [5, 5.41) is 2.93. The van der Waals surface area contributed by atoms with Gasteiger partial charge in [-0.05, 0) is 56.4 Å². The molecular weight excluding hydrogens is 280 g/mol. The quantitative estimate of drug-likeness (QED) is 0.878. The van der Waals surface area contributed by atoms with E-state index in [-0.39, 0.29) is 12.1 Å². The van der Waals surface area contributed by atoms with Gasteiger partial charge in [0.15, 0.2) is 0 Å². The van der Waals surface area contributed by atoms with Crippen molar-refractivity contribution in [3.8, 4) is 5.75 Å². The number of nitrogens with zero attached hydrogens (tertiary/aromatic N) is 1. The third-order valence-electron chi connectivity index (χ3n) is 4.11. The van der Waals surface area contributed by atoms with E-state index in [4.69, 9.17) is 9.47 Å². The molecule has 5 heteroatoms. The molecule has 1 aliphatic heterocycles. The van der Waals surface area contributed by atoms with Crippen LogP contribution in [0.5, 0.6) is 5.75 Å². The largest absolute Gasteiger partial charge is 0.494 e. The Kier molecular flexibility index (Phi) is 4.83. The first-order chi connectivity index (χ1) is 10.7. The first-order valence-electron chi connectivity index (χ1n) is 8.15.